The molecule has 6 nitrogen and oxygen atoms in total. The van der Waals surface area contributed by atoms with Crippen molar-refractivity contribution in [1.29, 1.82) is 0 Å². The number of hydrogen-bond acceptors (Lipinski definition) is 5. The Hall–Kier alpha value is -1.63. The summed E-state index contributed by atoms with van der Waals surface area (Å²) in [5.74, 6) is 0. The molecule has 0 radical (unpaired) electrons. The number of amides is 1. The highest BCUT2D eigenvalue weighted by atomic mass is 16.7. The maximum Gasteiger partial charge on any atom is 0.431 e. The highest BCUT2D eigenvalue weighted by Gasteiger charge is 2.16. The first kappa shape index (κ1) is 18.7. The van der Waals surface area contributed by atoms with Gasteiger partial charge in [0.15, 0.2) is 0 Å². The number of rotatable bonds is 8. The highest BCUT2D eigenvalue weighted by Crippen LogP contribution is 2.09. The molecule has 1 fully saturated rings. The van der Waals surface area contributed by atoms with Crippen LogP contribution in [0.3, 0.4) is 0 Å². The van der Waals surface area contributed by atoms with Crippen molar-refractivity contribution in [3.05, 3.63) is 35.9 Å². The normalized spacial score (nSPS) is 17.9. The molecule has 2 atom stereocenters. The molecule has 1 aliphatic heterocycles. The molecule has 1 heterocycles. The molecule has 134 valence electrons. The zero-order valence-electron chi connectivity index (χ0n) is 14.3. The number of nitrogens with one attached hydrogen (secondary N) is 1. The molecule has 0 aromatic heterocycles. The summed E-state index contributed by atoms with van der Waals surface area (Å²) in [6.45, 7) is 4.49. The van der Waals surface area contributed by atoms with E-state index in [1.54, 1.807) is 0 Å². The van der Waals surface area contributed by atoms with Gasteiger partial charge < -0.3 is 14.7 Å². The summed E-state index contributed by atoms with van der Waals surface area (Å²) in [5, 5.41) is 9.93. The zero-order chi connectivity index (χ0) is 17.2. The van der Waals surface area contributed by atoms with Crippen molar-refractivity contribution in [1.82, 2.24) is 10.4 Å². The fourth-order valence-electron chi connectivity index (χ4n) is 2.88. The van der Waals surface area contributed by atoms with E-state index < -0.39 is 12.2 Å². The number of ether oxygens (including phenoxy) is 1. The summed E-state index contributed by atoms with van der Waals surface area (Å²) in [7, 11) is 0. The van der Waals surface area contributed by atoms with Crippen LogP contribution in [0.5, 0.6) is 0 Å². The van der Waals surface area contributed by atoms with Gasteiger partial charge in [-0.25, -0.2) is 4.79 Å². The van der Waals surface area contributed by atoms with Crippen molar-refractivity contribution in [3.63, 3.8) is 0 Å². The number of hydrogen-bond donors (Lipinski definition) is 2. The van der Waals surface area contributed by atoms with Crippen LogP contribution in [0, 0.1) is 0 Å². The van der Waals surface area contributed by atoms with Crippen LogP contribution in [0.25, 0.3) is 0 Å². The van der Waals surface area contributed by atoms with Crippen molar-refractivity contribution >= 4 is 6.09 Å². The fraction of sp³-hybridized carbons (Fsp3) is 0.611. The van der Waals surface area contributed by atoms with Crippen LogP contribution in [0.15, 0.2) is 30.3 Å². The standard InChI is InChI=1S/C18H28N2O4/c1-15(12-16-8-4-2-5-9-16)24-18(22)19-23-14-17(21)13-20-10-6-3-7-11-20/h2,4-5,8-9,15,17,21H,3,6-7,10-14H2,1H3,(H,19,22). The first-order valence-electron chi connectivity index (χ1n) is 8.66. The average Bonchev–Trinajstić information content (AvgIpc) is 2.56. The first-order chi connectivity index (χ1) is 11.6. The van der Waals surface area contributed by atoms with Crippen LogP contribution in [-0.4, -0.2) is 54.5 Å². The quantitative estimate of drug-likeness (QED) is 0.712. The van der Waals surface area contributed by atoms with Gasteiger partial charge in [-0.2, -0.15) is 5.48 Å². The van der Waals surface area contributed by atoms with Crippen molar-refractivity contribution in [2.24, 2.45) is 0 Å². The fourth-order valence-corrected chi connectivity index (χ4v) is 2.88. The molecule has 1 aromatic carbocycles. The lowest BCUT2D eigenvalue weighted by Gasteiger charge is -2.28. The predicted octanol–water partition coefficient (Wildman–Crippen LogP) is 2.12. The number of hydroxylamine groups is 1. The third kappa shape index (κ3) is 7.29. The van der Waals surface area contributed by atoms with Crippen LogP contribution in [0.1, 0.15) is 31.7 Å². The number of aliphatic hydroxyl groups is 1. The van der Waals surface area contributed by atoms with E-state index in [9.17, 15) is 9.90 Å². The van der Waals surface area contributed by atoms with Gasteiger partial charge in [-0.3, -0.25) is 4.84 Å². The maximum atomic E-state index is 11.7. The van der Waals surface area contributed by atoms with Gasteiger partial charge in [0.2, 0.25) is 0 Å². The second kappa shape index (κ2) is 10.3. The van der Waals surface area contributed by atoms with Crippen molar-refractivity contribution in [3.8, 4) is 0 Å². The number of nitrogens with zero attached hydrogens (tertiary/aromatic N) is 1. The van der Waals surface area contributed by atoms with E-state index in [2.05, 4.69) is 10.4 Å². The van der Waals surface area contributed by atoms with Gasteiger partial charge in [-0.05, 0) is 38.4 Å². The number of benzene rings is 1. The molecule has 2 N–H and O–H groups in total. The molecule has 0 spiro atoms. The highest BCUT2D eigenvalue weighted by molar-refractivity contribution is 5.66. The Morgan fingerprint density at radius 2 is 1.96 bits per heavy atom. The molecular weight excluding hydrogens is 308 g/mol. The molecule has 2 rings (SSSR count). The number of carbonyl (C=O) groups is 1. The predicted molar refractivity (Wildman–Crippen MR) is 91.5 cm³/mol. The van der Waals surface area contributed by atoms with Crippen LogP contribution < -0.4 is 5.48 Å². The van der Waals surface area contributed by atoms with Gasteiger partial charge in [0.05, 0.1) is 6.10 Å². The molecule has 1 aromatic rings. The Kier molecular flexibility index (Phi) is 8.01. The number of aliphatic hydroxyl groups excluding tert-OH is 1. The van der Waals surface area contributed by atoms with Crippen molar-refractivity contribution < 1.29 is 19.5 Å². The van der Waals surface area contributed by atoms with E-state index in [1.165, 1.54) is 19.3 Å². The van der Waals surface area contributed by atoms with E-state index in [0.29, 0.717) is 13.0 Å². The summed E-state index contributed by atoms with van der Waals surface area (Å²) in [6.07, 6.45) is 2.75. The molecule has 0 bridgehead atoms. The smallest absolute Gasteiger partial charge is 0.431 e. The maximum absolute atomic E-state index is 11.7. The number of piperidine rings is 1. The molecule has 0 aliphatic carbocycles. The molecule has 0 saturated carbocycles. The summed E-state index contributed by atoms with van der Waals surface area (Å²) < 4.78 is 5.22. The zero-order valence-corrected chi connectivity index (χ0v) is 14.3. The van der Waals surface area contributed by atoms with Gasteiger partial charge in [0.1, 0.15) is 12.7 Å². The number of likely N-dealkylation sites (tertiary alicyclic amines) is 1. The molecule has 1 saturated heterocycles. The second-order valence-corrected chi connectivity index (χ2v) is 6.33. The van der Waals surface area contributed by atoms with Crippen LogP contribution in [0.2, 0.25) is 0 Å². The summed E-state index contributed by atoms with van der Waals surface area (Å²) in [6, 6.07) is 9.84. The Bertz CT molecular complexity index is 477. The minimum absolute atomic E-state index is 0.0542. The Balaban J connectivity index is 1.57. The molecule has 24 heavy (non-hydrogen) atoms. The summed E-state index contributed by atoms with van der Waals surface area (Å²) in [5.41, 5.74) is 3.33. The van der Waals surface area contributed by atoms with Gasteiger partial charge in [-0.15, -0.1) is 0 Å². The van der Waals surface area contributed by atoms with E-state index in [4.69, 9.17) is 9.57 Å². The third-order valence-electron chi connectivity index (χ3n) is 4.02. The largest absolute Gasteiger partial charge is 0.445 e. The van der Waals surface area contributed by atoms with Crippen LogP contribution in [0.4, 0.5) is 4.79 Å². The Labute approximate surface area is 143 Å². The molecule has 1 aliphatic rings. The molecule has 6 heteroatoms. The van der Waals surface area contributed by atoms with Gasteiger partial charge in [0.25, 0.3) is 0 Å². The lowest BCUT2D eigenvalue weighted by atomic mass is 10.1. The van der Waals surface area contributed by atoms with E-state index >= 15 is 0 Å². The summed E-state index contributed by atoms with van der Waals surface area (Å²) >= 11 is 0. The molecule has 1 amide bonds. The minimum Gasteiger partial charge on any atom is -0.445 e. The second-order valence-electron chi connectivity index (χ2n) is 6.33. The monoisotopic (exact) mass is 336 g/mol. The molecular formula is C18H28N2O4. The van der Waals surface area contributed by atoms with Crippen molar-refractivity contribution in [2.45, 2.75) is 44.8 Å². The first-order valence-corrected chi connectivity index (χ1v) is 8.66. The van der Waals surface area contributed by atoms with E-state index in [1.807, 2.05) is 37.3 Å². The van der Waals surface area contributed by atoms with E-state index in [0.717, 1.165) is 18.7 Å². The third-order valence-corrected chi connectivity index (χ3v) is 4.02. The SMILES string of the molecule is CC(Cc1ccccc1)OC(=O)NOCC(O)CN1CCCCC1. The topological polar surface area (TPSA) is 71.0 Å². The Morgan fingerprint density at radius 1 is 1.25 bits per heavy atom. The van der Waals surface area contributed by atoms with E-state index in [-0.39, 0.29) is 12.7 Å². The number of β-amino-alcohol motifs (C(OH)–C–C–N with tert-alkyl or cyclic N) is 1. The minimum atomic E-state index is -0.636. The van der Waals surface area contributed by atoms with Gasteiger partial charge >= 0.3 is 6.09 Å². The number of carbonyl (C=O) groups excluding carboxylic acids is 1. The summed E-state index contributed by atoms with van der Waals surface area (Å²) in [4.78, 5) is 18.9. The van der Waals surface area contributed by atoms with Gasteiger partial charge in [-0.1, -0.05) is 36.8 Å². The molecule has 2 unspecified atom stereocenters. The van der Waals surface area contributed by atoms with Crippen LogP contribution in [-0.2, 0) is 16.0 Å². The average molecular weight is 336 g/mol. The lowest BCUT2D eigenvalue weighted by Crippen LogP contribution is -2.39. The van der Waals surface area contributed by atoms with Crippen molar-refractivity contribution in [2.75, 3.05) is 26.2 Å². The lowest BCUT2D eigenvalue weighted by molar-refractivity contribution is -0.0341. The van der Waals surface area contributed by atoms with Gasteiger partial charge in [0, 0.05) is 13.0 Å². The van der Waals surface area contributed by atoms with Crippen LogP contribution >= 0.6 is 0 Å². The Morgan fingerprint density at radius 3 is 2.67 bits per heavy atom.